The molecule has 7 heteroatoms. The van der Waals surface area contributed by atoms with Crippen LogP contribution in [0.2, 0.25) is 0 Å². The van der Waals surface area contributed by atoms with Crippen LogP contribution in [0, 0.1) is 6.92 Å². The predicted molar refractivity (Wildman–Crippen MR) is 98.9 cm³/mol. The zero-order valence-corrected chi connectivity index (χ0v) is 15.0. The summed E-state index contributed by atoms with van der Waals surface area (Å²) in [4.78, 5) is 31.6. The molecule has 2 aliphatic rings. The molecule has 2 amide bonds. The Morgan fingerprint density at radius 3 is 2.58 bits per heavy atom. The number of benzene rings is 1. The number of rotatable bonds is 2. The maximum Gasteiger partial charge on any atom is 0.250 e. The summed E-state index contributed by atoms with van der Waals surface area (Å²) in [5, 5.41) is 6.42. The topological polar surface area (TPSA) is 79.3 Å². The van der Waals surface area contributed by atoms with Crippen LogP contribution in [0.5, 0.6) is 0 Å². The summed E-state index contributed by atoms with van der Waals surface area (Å²) in [6, 6.07) is 7.42. The third-order valence-electron chi connectivity index (χ3n) is 5.55. The molecule has 2 N–H and O–H groups in total. The second-order valence-electron chi connectivity index (χ2n) is 7.09. The third-order valence-corrected chi connectivity index (χ3v) is 5.55. The first-order valence-corrected chi connectivity index (χ1v) is 8.97. The number of hydrogen-bond donors (Lipinski definition) is 2. The van der Waals surface area contributed by atoms with Gasteiger partial charge in [0.15, 0.2) is 0 Å². The fraction of sp³-hybridized carbons (Fsp3) is 0.421. The number of fused-ring (bicyclic) bond motifs is 1. The molecular formula is C19H23N5O2. The molecule has 0 aliphatic carbocycles. The van der Waals surface area contributed by atoms with E-state index in [2.05, 4.69) is 15.6 Å². The Morgan fingerprint density at radius 1 is 1.23 bits per heavy atom. The summed E-state index contributed by atoms with van der Waals surface area (Å²) in [5.74, 6) is 0.878. The van der Waals surface area contributed by atoms with Crippen molar-refractivity contribution < 1.29 is 9.59 Å². The number of imidazole rings is 1. The summed E-state index contributed by atoms with van der Waals surface area (Å²) in [5.41, 5.74) is 1.11. The zero-order valence-electron chi connectivity index (χ0n) is 15.0. The summed E-state index contributed by atoms with van der Waals surface area (Å²) in [7, 11) is 0. The number of amides is 2. The first-order valence-electron chi connectivity index (χ1n) is 8.97. The number of aromatic nitrogens is 2. The summed E-state index contributed by atoms with van der Waals surface area (Å²) < 4.78 is 1.88. The van der Waals surface area contributed by atoms with Crippen LogP contribution in [0.3, 0.4) is 0 Å². The molecule has 1 fully saturated rings. The van der Waals surface area contributed by atoms with Crippen molar-refractivity contribution in [2.24, 2.45) is 0 Å². The molecule has 0 saturated carbocycles. The molecule has 7 nitrogen and oxygen atoms in total. The molecule has 1 aromatic heterocycles. The molecule has 0 unspecified atom stereocenters. The third kappa shape index (κ3) is 2.64. The average molecular weight is 353 g/mol. The predicted octanol–water partition coefficient (Wildman–Crippen LogP) is 2.18. The van der Waals surface area contributed by atoms with Crippen LogP contribution in [0.15, 0.2) is 36.7 Å². The van der Waals surface area contributed by atoms with Gasteiger partial charge in [0.2, 0.25) is 11.8 Å². The molecule has 2 aliphatic heterocycles. The highest BCUT2D eigenvalue weighted by Gasteiger charge is 2.45. The lowest BCUT2D eigenvalue weighted by atomic mass is 9.84. The Balaban J connectivity index is 1.47. The normalized spacial score (nSPS) is 19.5. The number of piperidine rings is 1. The van der Waals surface area contributed by atoms with Gasteiger partial charge in [0.05, 0.1) is 11.4 Å². The van der Waals surface area contributed by atoms with Gasteiger partial charge in [-0.1, -0.05) is 12.1 Å². The standard InChI is InChI=1S/C19H23N5O2/c1-13(24-12-9-20-14(24)2)17(25)23-10-7-19(8-11-23)18(26)21-15-5-3-4-6-16(15)22-19/h3-6,9,12-13,22H,7-8,10-11H2,1-2H3,(H,21,26)/t13-/m0/s1. The Hall–Kier alpha value is -2.83. The quantitative estimate of drug-likeness (QED) is 0.867. The lowest BCUT2D eigenvalue weighted by molar-refractivity contribution is -0.137. The van der Waals surface area contributed by atoms with Gasteiger partial charge < -0.3 is 20.1 Å². The van der Waals surface area contributed by atoms with Gasteiger partial charge in [-0.25, -0.2) is 4.98 Å². The zero-order chi connectivity index (χ0) is 18.3. The van der Waals surface area contributed by atoms with Crippen LogP contribution in [-0.4, -0.2) is 44.9 Å². The maximum absolute atomic E-state index is 12.9. The number of likely N-dealkylation sites (tertiary alicyclic amines) is 1. The van der Waals surface area contributed by atoms with E-state index in [9.17, 15) is 9.59 Å². The van der Waals surface area contributed by atoms with Crippen molar-refractivity contribution >= 4 is 23.2 Å². The van der Waals surface area contributed by atoms with E-state index in [4.69, 9.17) is 0 Å². The van der Waals surface area contributed by atoms with Crippen LogP contribution in [0.4, 0.5) is 11.4 Å². The van der Waals surface area contributed by atoms with Crippen LogP contribution in [0.25, 0.3) is 0 Å². The number of para-hydroxylation sites is 2. The molecule has 1 atom stereocenters. The van der Waals surface area contributed by atoms with Crippen molar-refractivity contribution in [1.82, 2.24) is 14.5 Å². The van der Waals surface area contributed by atoms with E-state index in [0.29, 0.717) is 25.9 Å². The van der Waals surface area contributed by atoms with E-state index in [0.717, 1.165) is 17.2 Å². The molecule has 0 radical (unpaired) electrons. The number of aryl methyl sites for hydroxylation is 1. The monoisotopic (exact) mass is 353 g/mol. The van der Waals surface area contributed by atoms with Crippen molar-refractivity contribution in [3.8, 4) is 0 Å². The second-order valence-corrected chi connectivity index (χ2v) is 7.09. The lowest BCUT2D eigenvalue weighted by Crippen LogP contribution is -2.59. The highest BCUT2D eigenvalue weighted by atomic mass is 16.2. The molecule has 0 bridgehead atoms. The van der Waals surface area contributed by atoms with Gasteiger partial charge in [0, 0.05) is 25.5 Å². The van der Waals surface area contributed by atoms with Crippen LogP contribution < -0.4 is 10.6 Å². The molecule has 4 rings (SSSR count). The highest BCUT2D eigenvalue weighted by molar-refractivity contribution is 6.06. The van der Waals surface area contributed by atoms with Crippen molar-refractivity contribution in [2.45, 2.75) is 38.3 Å². The van der Waals surface area contributed by atoms with Gasteiger partial charge in [0.25, 0.3) is 0 Å². The Morgan fingerprint density at radius 2 is 1.92 bits per heavy atom. The van der Waals surface area contributed by atoms with E-state index < -0.39 is 5.54 Å². The fourth-order valence-electron chi connectivity index (χ4n) is 3.90. The number of carbonyl (C=O) groups is 2. The van der Waals surface area contributed by atoms with Crippen molar-refractivity contribution in [3.63, 3.8) is 0 Å². The molecule has 1 aromatic carbocycles. The number of nitrogens with one attached hydrogen (secondary N) is 2. The number of nitrogens with zero attached hydrogens (tertiary/aromatic N) is 3. The van der Waals surface area contributed by atoms with Gasteiger partial charge in [0.1, 0.15) is 17.4 Å². The molecule has 2 aromatic rings. The number of hydrogen-bond acceptors (Lipinski definition) is 4. The number of carbonyl (C=O) groups excluding carboxylic acids is 2. The number of anilines is 2. The summed E-state index contributed by atoms with van der Waals surface area (Å²) >= 11 is 0. The van der Waals surface area contributed by atoms with Crippen LogP contribution >= 0.6 is 0 Å². The lowest BCUT2D eigenvalue weighted by Gasteiger charge is -2.44. The molecule has 136 valence electrons. The van der Waals surface area contributed by atoms with Gasteiger partial charge in [-0.15, -0.1) is 0 Å². The van der Waals surface area contributed by atoms with Gasteiger partial charge >= 0.3 is 0 Å². The van der Waals surface area contributed by atoms with Crippen molar-refractivity contribution in [1.29, 1.82) is 0 Å². The van der Waals surface area contributed by atoms with Crippen molar-refractivity contribution in [3.05, 3.63) is 42.5 Å². The largest absolute Gasteiger partial charge is 0.369 e. The molecule has 1 saturated heterocycles. The van der Waals surface area contributed by atoms with Crippen LogP contribution in [0.1, 0.15) is 31.6 Å². The van der Waals surface area contributed by atoms with E-state index in [1.807, 2.05) is 53.8 Å². The Labute approximate surface area is 152 Å². The molecule has 3 heterocycles. The van der Waals surface area contributed by atoms with E-state index in [-0.39, 0.29) is 17.9 Å². The fourth-order valence-corrected chi connectivity index (χ4v) is 3.90. The maximum atomic E-state index is 12.9. The minimum atomic E-state index is -0.640. The van der Waals surface area contributed by atoms with Gasteiger partial charge in [-0.3, -0.25) is 9.59 Å². The van der Waals surface area contributed by atoms with E-state index >= 15 is 0 Å². The smallest absolute Gasteiger partial charge is 0.250 e. The molecular weight excluding hydrogens is 330 g/mol. The first kappa shape index (κ1) is 16.6. The van der Waals surface area contributed by atoms with E-state index in [1.54, 1.807) is 6.20 Å². The minimum Gasteiger partial charge on any atom is -0.369 e. The SMILES string of the molecule is Cc1nccn1[C@@H](C)C(=O)N1CCC2(CC1)Nc1ccccc1NC2=O. The molecule has 1 spiro atoms. The molecule has 26 heavy (non-hydrogen) atoms. The average Bonchev–Trinajstić information content (AvgIpc) is 3.08. The van der Waals surface area contributed by atoms with E-state index in [1.165, 1.54) is 0 Å². The first-order chi connectivity index (χ1) is 12.5. The minimum absolute atomic E-state index is 0.0122. The Kier molecular flexibility index (Phi) is 3.94. The van der Waals surface area contributed by atoms with Crippen LogP contribution in [-0.2, 0) is 9.59 Å². The Bertz CT molecular complexity index is 851. The van der Waals surface area contributed by atoms with Crippen molar-refractivity contribution in [2.75, 3.05) is 23.7 Å². The highest BCUT2D eigenvalue weighted by Crippen LogP contribution is 2.36. The summed E-state index contributed by atoms with van der Waals surface area (Å²) in [6.45, 7) is 4.89. The van der Waals surface area contributed by atoms with Gasteiger partial charge in [-0.05, 0) is 38.8 Å². The second kappa shape index (κ2) is 6.16. The van der Waals surface area contributed by atoms with Gasteiger partial charge in [-0.2, -0.15) is 0 Å². The summed E-state index contributed by atoms with van der Waals surface area (Å²) in [6.07, 6.45) is 4.72.